The molecule has 0 bridgehead atoms. The molecule has 2 N–H and O–H groups in total. The Labute approximate surface area is 179 Å². The summed E-state index contributed by atoms with van der Waals surface area (Å²) in [7, 11) is 0. The molecule has 0 saturated heterocycles. The molecular weight excluding hydrogens is 431 g/mol. The van der Waals surface area contributed by atoms with Gasteiger partial charge in [-0.2, -0.15) is 9.36 Å². The van der Waals surface area contributed by atoms with Crippen LogP contribution in [0.5, 0.6) is 0 Å². The van der Waals surface area contributed by atoms with E-state index in [1.165, 1.54) is 41.7 Å². The highest BCUT2D eigenvalue weighted by Crippen LogP contribution is 2.23. The Morgan fingerprint density at radius 1 is 1.07 bits per heavy atom. The van der Waals surface area contributed by atoms with Crippen LogP contribution in [0.1, 0.15) is 17.3 Å². The molecule has 0 radical (unpaired) electrons. The number of benzene rings is 2. The Morgan fingerprint density at radius 3 is 2.55 bits per heavy atom. The lowest BCUT2D eigenvalue weighted by Crippen LogP contribution is -2.14. The Morgan fingerprint density at radius 2 is 1.83 bits per heavy atom. The van der Waals surface area contributed by atoms with Crippen molar-refractivity contribution in [3.8, 4) is 0 Å². The van der Waals surface area contributed by atoms with Crippen molar-refractivity contribution in [2.45, 2.75) is 17.0 Å². The summed E-state index contributed by atoms with van der Waals surface area (Å²) < 4.78 is 17.8. The molecule has 3 aromatic rings. The summed E-state index contributed by atoms with van der Waals surface area (Å²) in [6, 6.07) is 12.8. The molecule has 0 spiro atoms. The van der Waals surface area contributed by atoms with Crippen LogP contribution in [0.3, 0.4) is 0 Å². The number of anilines is 2. The first-order valence-corrected chi connectivity index (χ1v) is 11.3. The van der Waals surface area contributed by atoms with Gasteiger partial charge in [-0.1, -0.05) is 30.8 Å². The zero-order valence-corrected chi connectivity index (χ0v) is 17.8. The molecule has 0 fully saturated rings. The number of hydrogen-bond acceptors (Lipinski definition) is 7. The van der Waals surface area contributed by atoms with Crippen LogP contribution in [0.2, 0.25) is 0 Å². The lowest BCUT2D eigenvalue weighted by Gasteiger charge is -2.07. The highest BCUT2D eigenvalue weighted by molar-refractivity contribution is 8.00. The molecule has 2 amide bonds. The van der Waals surface area contributed by atoms with E-state index in [-0.39, 0.29) is 17.2 Å². The van der Waals surface area contributed by atoms with Crippen LogP contribution in [-0.2, 0) is 4.79 Å². The van der Waals surface area contributed by atoms with Gasteiger partial charge in [-0.15, -0.1) is 11.8 Å². The van der Waals surface area contributed by atoms with Gasteiger partial charge in [0, 0.05) is 22.1 Å². The van der Waals surface area contributed by atoms with E-state index < -0.39 is 11.7 Å². The molecule has 150 valence electrons. The maximum Gasteiger partial charge on any atom is 0.258 e. The summed E-state index contributed by atoms with van der Waals surface area (Å²) in [4.78, 5) is 29.3. The van der Waals surface area contributed by atoms with Gasteiger partial charge in [0.1, 0.15) is 5.82 Å². The van der Waals surface area contributed by atoms with Gasteiger partial charge in [0.25, 0.3) is 5.91 Å². The fourth-order valence-electron chi connectivity index (χ4n) is 2.23. The first kappa shape index (κ1) is 21.3. The number of rotatable bonds is 8. The van der Waals surface area contributed by atoms with Gasteiger partial charge in [-0.25, -0.2) is 4.39 Å². The van der Waals surface area contributed by atoms with Gasteiger partial charge in [-0.3, -0.25) is 14.9 Å². The van der Waals surface area contributed by atoms with Crippen molar-refractivity contribution < 1.29 is 14.0 Å². The summed E-state index contributed by atoms with van der Waals surface area (Å²) in [5.41, 5.74) is 0.529. The van der Waals surface area contributed by atoms with Crippen molar-refractivity contribution in [2.75, 3.05) is 22.1 Å². The smallest absolute Gasteiger partial charge is 0.258 e. The van der Waals surface area contributed by atoms with Crippen molar-refractivity contribution in [2.24, 2.45) is 0 Å². The van der Waals surface area contributed by atoms with Crippen molar-refractivity contribution in [3.05, 3.63) is 59.9 Å². The van der Waals surface area contributed by atoms with E-state index in [9.17, 15) is 14.0 Å². The predicted octanol–water partition coefficient (Wildman–Crippen LogP) is 4.77. The van der Waals surface area contributed by atoms with Crippen LogP contribution >= 0.6 is 35.1 Å². The zero-order chi connectivity index (χ0) is 20.6. The maximum atomic E-state index is 13.7. The Kier molecular flexibility index (Phi) is 7.62. The maximum absolute atomic E-state index is 13.7. The first-order valence-electron chi connectivity index (χ1n) is 8.60. The van der Waals surface area contributed by atoms with Gasteiger partial charge in [0.05, 0.1) is 11.3 Å². The first-order chi connectivity index (χ1) is 14.0. The average Bonchev–Trinajstić information content (AvgIpc) is 3.15. The molecule has 0 aliphatic heterocycles. The van der Waals surface area contributed by atoms with E-state index in [4.69, 9.17) is 0 Å². The van der Waals surface area contributed by atoms with Crippen LogP contribution in [0, 0.1) is 5.82 Å². The lowest BCUT2D eigenvalue weighted by atomic mass is 10.2. The number of carbonyl (C=O) groups is 2. The molecule has 29 heavy (non-hydrogen) atoms. The number of hydrogen-bond donors (Lipinski definition) is 2. The van der Waals surface area contributed by atoms with Crippen LogP contribution in [0.15, 0.2) is 58.6 Å². The Bertz CT molecular complexity index is 995. The summed E-state index contributed by atoms with van der Waals surface area (Å²) in [5.74, 6) is -0.163. The number of nitrogens with zero attached hydrogens (tertiary/aromatic N) is 2. The molecule has 3 rings (SSSR count). The van der Waals surface area contributed by atoms with E-state index in [2.05, 4.69) is 20.0 Å². The Balaban J connectivity index is 1.49. The van der Waals surface area contributed by atoms with E-state index in [1.807, 2.05) is 6.92 Å². The highest BCUT2D eigenvalue weighted by atomic mass is 32.2. The second kappa shape index (κ2) is 10.4. The van der Waals surface area contributed by atoms with Gasteiger partial charge < -0.3 is 5.32 Å². The zero-order valence-electron chi connectivity index (χ0n) is 15.3. The third-order valence-corrected chi connectivity index (χ3v) is 6.02. The number of halogens is 1. The molecule has 0 unspecified atom stereocenters. The fraction of sp³-hybridized carbons (Fsp3) is 0.158. The average molecular weight is 449 g/mol. The van der Waals surface area contributed by atoms with E-state index >= 15 is 0 Å². The van der Waals surface area contributed by atoms with Crippen LogP contribution in [0.4, 0.5) is 15.2 Å². The standard InChI is InChI=1S/C19H17FN4O2S3/c1-2-27-19-23-18(29-24-19)22-16(25)11-28-13-9-7-12(8-10-13)21-17(26)14-5-3-4-6-15(14)20/h3-10H,2,11H2,1H3,(H,21,26)(H,22,23,24,25). The lowest BCUT2D eigenvalue weighted by molar-refractivity contribution is -0.113. The van der Waals surface area contributed by atoms with Crippen molar-refractivity contribution in [1.82, 2.24) is 9.36 Å². The van der Waals surface area contributed by atoms with Gasteiger partial charge >= 0.3 is 0 Å². The topological polar surface area (TPSA) is 84.0 Å². The number of thioether (sulfide) groups is 2. The minimum atomic E-state index is -0.570. The largest absolute Gasteiger partial charge is 0.322 e. The molecule has 1 aromatic heterocycles. The highest BCUT2D eigenvalue weighted by Gasteiger charge is 2.11. The van der Waals surface area contributed by atoms with Crippen LogP contribution in [0.25, 0.3) is 0 Å². The third kappa shape index (κ3) is 6.28. The number of nitrogens with one attached hydrogen (secondary N) is 2. The molecule has 10 heteroatoms. The molecule has 0 atom stereocenters. The van der Waals surface area contributed by atoms with E-state index in [0.29, 0.717) is 16.0 Å². The molecule has 0 saturated carbocycles. The second-order valence-electron chi connectivity index (χ2n) is 5.61. The normalized spacial score (nSPS) is 10.6. The summed E-state index contributed by atoms with van der Waals surface area (Å²) in [6.45, 7) is 2.01. The minimum Gasteiger partial charge on any atom is -0.322 e. The number of amides is 2. The second-order valence-corrected chi connectivity index (χ2v) is 8.64. The third-order valence-electron chi connectivity index (χ3n) is 3.53. The summed E-state index contributed by atoms with van der Waals surface area (Å²) in [6.07, 6.45) is 0. The van der Waals surface area contributed by atoms with E-state index in [0.717, 1.165) is 22.2 Å². The molecule has 6 nitrogen and oxygen atoms in total. The minimum absolute atomic E-state index is 0.0141. The molecule has 1 heterocycles. The monoisotopic (exact) mass is 448 g/mol. The van der Waals surface area contributed by atoms with Gasteiger partial charge in [-0.05, 0) is 42.2 Å². The van der Waals surface area contributed by atoms with E-state index in [1.54, 1.807) is 30.3 Å². The molecule has 2 aromatic carbocycles. The molecule has 0 aliphatic carbocycles. The number of aromatic nitrogens is 2. The fourth-order valence-corrected chi connectivity index (χ4v) is 4.22. The predicted molar refractivity (Wildman–Crippen MR) is 116 cm³/mol. The number of carbonyl (C=O) groups excluding carboxylic acids is 2. The Hall–Kier alpha value is -2.43. The van der Waals surface area contributed by atoms with Gasteiger partial charge in [0.2, 0.25) is 16.2 Å². The van der Waals surface area contributed by atoms with Crippen molar-refractivity contribution in [1.29, 1.82) is 0 Å². The molecular formula is C19H17FN4O2S3. The van der Waals surface area contributed by atoms with Crippen LogP contribution < -0.4 is 10.6 Å². The summed E-state index contributed by atoms with van der Waals surface area (Å²) >= 11 is 4.03. The van der Waals surface area contributed by atoms with Gasteiger partial charge in [0.15, 0.2) is 0 Å². The molecule has 0 aliphatic rings. The summed E-state index contributed by atoms with van der Waals surface area (Å²) in [5, 5.41) is 6.53. The van der Waals surface area contributed by atoms with Crippen LogP contribution in [-0.4, -0.2) is 32.7 Å². The van der Waals surface area contributed by atoms with Crippen molar-refractivity contribution in [3.63, 3.8) is 0 Å². The SMILES string of the molecule is CCSc1nsc(NC(=O)CSc2ccc(NC(=O)c3ccccc3F)cc2)n1. The quantitative estimate of drug-likeness (QED) is 0.483. The van der Waals surface area contributed by atoms with Crippen molar-refractivity contribution >= 4 is 57.7 Å².